The number of benzene rings is 2. The van der Waals surface area contributed by atoms with Crippen LogP contribution >= 0.6 is 0 Å². The maximum Gasteiger partial charge on any atom is 0.296 e. The minimum atomic E-state index is -0.944. The number of methoxy groups -OCH3 is 1. The summed E-state index contributed by atoms with van der Waals surface area (Å²) in [6, 6.07) is 10.0. The third-order valence-electron chi connectivity index (χ3n) is 3.23. The molecule has 0 heterocycles. The lowest BCUT2D eigenvalue weighted by molar-refractivity contribution is -0.132. The molecule has 124 valence electrons. The lowest BCUT2D eigenvalue weighted by atomic mass is 10.1. The van der Waals surface area contributed by atoms with E-state index in [2.05, 4.69) is 5.32 Å². The van der Waals surface area contributed by atoms with E-state index in [4.69, 9.17) is 4.74 Å². The van der Waals surface area contributed by atoms with Gasteiger partial charge in [0.1, 0.15) is 17.3 Å². The van der Waals surface area contributed by atoms with Gasteiger partial charge in [0.05, 0.1) is 12.8 Å². The van der Waals surface area contributed by atoms with E-state index in [1.807, 2.05) is 6.92 Å². The van der Waals surface area contributed by atoms with E-state index in [0.717, 1.165) is 23.8 Å². The van der Waals surface area contributed by atoms with E-state index in [-0.39, 0.29) is 5.56 Å². The summed E-state index contributed by atoms with van der Waals surface area (Å²) >= 11 is 0. The first-order valence-corrected chi connectivity index (χ1v) is 7.07. The predicted molar refractivity (Wildman–Crippen MR) is 88.4 cm³/mol. The van der Waals surface area contributed by atoms with Crippen molar-refractivity contribution < 1.29 is 23.8 Å². The maximum absolute atomic E-state index is 12.8. The summed E-state index contributed by atoms with van der Waals surface area (Å²) in [6.45, 7) is 1.83. The van der Waals surface area contributed by atoms with Gasteiger partial charge in [-0.15, -0.1) is 0 Å². The van der Waals surface area contributed by atoms with Gasteiger partial charge in [-0.05, 0) is 48.9 Å². The molecule has 24 heavy (non-hydrogen) atoms. The van der Waals surface area contributed by atoms with Crippen LogP contribution in [0.2, 0.25) is 0 Å². The van der Waals surface area contributed by atoms with Gasteiger partial charge in [-0.25, -0.2) is 4.39 Å². The van der Waals surface area contributed by atoms with E-state index in [1.165, 1.54) is 19.2 Å². The Hall–Kier alpha value is -3.15. The highest BCUT2D eigenvalue weighted by Crippen LogP contribution is 2.25. The maximum atomic E-state index is 12.8. The van der Waals surface area contributed by atoms with Crippen LogP contribution in [0.1, 0.15) is 11.1 Å². The molecule has 0 saturated carbocycles. The molecule has 0 radical (unpaired) electrons. The van der Waals surface area contributed by atoms with Gasteiger partial charge in [-0.1, -0.05) is 6.07 Å². The zero-order chi connectivity index (χ0) is 17.7. The molecule has 0 spiro atoms. The van der Waals surface area contributed by atoms with Gasteiger partial charge < -0.3 is 15.2 Å². The van der Waals surface area contributed by atoms with Crippen LogP contribution < -0.4 is 10.1 Å². The van der Waals surface area contributed by atoms with Crippen molar-refractivity contribution in [2.45, 2.75) is 6.92 Å². The average Bonchev–Trinajstić information content (AvgIpc) is 2.55. The van der Waals surface area contributed by atoms with Gasteiger partial charge in [0, 0.05) is 11.6 Å². The van der Waals surface area contributed by atoms with Crippen molar-refractivity contribution in [2.24, 2.45) is 0 Å². The van der Waals surface area contributed by atoms with E-state index in [0.29, 0.717) is 11.4 Å². The fourth-order valence-electron chi connectivity index (χ4n) is 2.00. The number of aliphatic hydroxyl groups is 1. The summed E-state index contributed by atoms with van der Waals surface area (Å²) in [7, 11) is 1.45. The van der Waals surface area contributed by atoms with Gasteiger partial charge in [0.2, 0.25) is 5.78 Å². The van der Waals surface area contributed by atoms with Crippen LogP contribution in [-0.2, 0) is 9.59 Å². The number of aliphatic hydroxyl groups excluding tert-OH is 1. The van der Waals surface area contributed by atoms with Crippen LogP contribution in [0.4, 0.5) is 10.1 Å². The number of amides is 1. The first-order chi connectivity index (χ1) is 11.4. The second-order valence-electron chi connectivity index (χ2n) is 5.06. The van der Waals surface area contributed by atoms with Crippen LogP contribution in [0.5, 0.6) is 5.75 Å². The third-order valence-corrected chi connectivity index (χ3v) is 3.23. The lowest BCUT2D eigenvalue weighted by Gasteiger charge is -2.10. The molecular weight excluding hydrogens is 313 g/mol. The number of ketones is 1. The molecule has 2 aromatic carbocycles. The van der Waals surface area contributed by atoms with Crippen molar-refractivity contribution >= 4 is 23.1 Å². The van der Waals surface area contributed by atoms with Crippen molar-refractivity contribution in [2.75, 3.05) is 12.4 Å². The van der Waals surface area contributed by atoms with Crippen molar-refractivity contribution in [3.8, 4) is 5.75 Å². The third kappa shape index (κ3) is 4.19. The predicted octanol–water partition coefficient (Wildman–Crippen LogP) is 3.25. The van der Waals surface area contributed by atoms with E-state index in [1.54, 1.807) is 18.2 Å². The number of halogens is 1. The second-order valence-corrected chi connectivity index (χ2v) is 5.06. The molecule has 2 aromatic rings. The normalized spacial score (nSPS) is 11.0. The van der Waals surface area contributed by atoms with Gasteiger partial charge in [-0.3, -0.25) is 9.59 Å². The molecule has 1 amide bonds. The molecule has 0 unspecified atom stereocenters. The molecule has 0 aliphatic rings. The summed E-state index contributed by atoms with van der Waals surface area (Å²) in [5.74, 6) is -2.35. The van der Waals surface area contributed by atoms with Crippen LogP contribution in [0.15, 0.2) is 48.5 Å². The minimum absolute atomic E-state index is 0.227. The van der Waals surface area contributed by atoms with Crippen LogP contribution in [0.3, 0.4) is 0 Å². The number of aryl methyl sites for hydroxylation is 1. The number of carbonyl (C=O) groups is 2. The molecule has 0 saturated heterocycles. The standard InChI is InChI=1S/C18H16FNO4/c1-11-3-8-17(24-2)14(9-11)20-18(23)16(22)10-15(21)12-4-6-13(19)7-5-12/h3-10,21H,1-2H3,(H,20,23). The molecule has 5 nitrogen and oxygen atoms in total. The highest BCUT2D eigenvalue weighted by molar-refractivity contribution is 6.45. The Labute approximate surface area is 138 Å². The Kier molecular flexibility index (Phi) is 5.31. The monoisotopic (exact) mass is 329 g/mol. The number of hydrogen-bond acceptors (Lipinski definition) is 4. The highest BCUT2D eigenvalue weighted by Gasteiger charge is 2.15. The zero-order valence-electron chi connectivity index (χ0n) is 13.2. The summed E-state index contributed by atoms with van der Waals surface area (Å²) in [6.07, 6.45) is 0.783. The fourth-order valence-corrected chi connectivity index (χ4v) is 2.00. The number of anilines is 1. The number of nitrogens with one attached hydrogen (secondary N) is 1. The quantitative estimate of drug-likeness (QED) is 0.501. The summed E-state index contributed by atoms with van der Waals surface area (Å²) in [5.41, 5.74) is 1.46. The zero-order valence-corrected chi connectivity index (χ0v) is 13.2. The van der Waals surface area contributed by atoms with Crippen LogP contribution in [0.25, 0.3) is 5.76 Å². The Morgan fingerprint density at radius 3 is 2.46 bits per heavy atom. The lowest BCUT2D eigenvalue weighted by Crippen LogP contribution is -2.21. The van der Waals surface area contributed by atoms with E-state index < -0.39 is 23.3 Å². The molecule has 6 heteroatoms. The number of ether oxygens (including phenoxy) is 1. The largest absolute Gasteiger partial charge is 0.507 e. The molecule has 0 bridgehead atoms. The number of rotatable bonds is 5. The molecule has 0 fully saturated rings. The summed E-state index contributed by atoms with van der Waals surface area (Å²) in [5, 5.41) is 12.3. The molecule has 0 aliphatic heterocycles. The van der Waals surface area contributed by atoms with Crippen LogP contribution in [-0.4, -0.2) is 23.9 Å². The Morgan fingerprint density at radius 1 is 1.17 bits per heavy atom. The second kappa shape index (κ2) is 7.41. The molecular formula is C18H16FNO4. The molecule has 0 aromatic heterocycles. The van der Waals surface area contributed by atoms with Gasteiger partial charge in [0.25, 0.3) is 5.91 Å². The summed E-state index contributed by atoms with van der Waals surface area (Å²) in [4.78, 5) is 23.9. The highest BCUT2D eigenvalue weighted by atomic mass is 19.1. The van der Waals surface area contributed by atoms with Gasteiger partial charge in [0.15, 0.2) is 0 Å². The smallest absolute Gasteiger partial charge is 0.296 e. The van der Waals surface area contributed by atoms with Crippen molar-refractivity contribution in [1.82, 2.24) is 0 Å². The fraction of sp³-hybridized carbons (Fsp3) is 0.111. The Morgan fingerprint density at radius 2 is 1.83 bits per heavy atom. The molecule has 2 N–H and O–H groups in total. The Balaban J connectivity index is 2.15. The minimum Gasteiger partial charge on any atom is -0.507 e. The number of hydrogen-bond donors (Lipinski definition) is 2. The first kappa shape index (κ1) is 17.2. The van der Waals surface area contributed by atoms with Crippen molar-refractivity contribution in [3.63, 3.8) is 0 Å². The van der Waals surface area contributed by atoms with Crippen molar-refractivity contribution in [3.05, 3.63) is 65.5 Å². The van der Waals surface area contributed by atoms with Crippen molar-refractivity contribution in [1.29, 1.82) is 0 Å². The number of carbonyl (C=O) groups excluding carboxylic acids is 2. The molecule has 0 atom stereocenters. The van der Waals surface area contributed by atoms with E-state index in [9.17, 15) is 19.1 Å². The Bertz CT molecular complexity index is 797. The first-order valence-electron chi connectivity index (χ1n) is 7.07. The SMILES string of the molecule is COc1ccc(C)cc1NC(=O)C(=O)C=C(O)c1ccc(F)cc1. The molecule has 0 aliphatic carbocycles. The van der Waals surface area contributed by atoms with E-state index >= 15 is 0 Å². The van der Waals surface area contributed by atoms with Gasteiger partial charge in [-0.2, -0.15) is 0 Å². The summed E-state index contributed by atoms with van der Waals surface area (Å²) < 4.78 is 18.0. The average molecular weight is 329 g/mol. The van der Waals surface area contributed by atoms with Gasteiger partial charge >= 0.3 is 0 Å². The molecule has 2 rings (SSSR count). The van der Waals surface area contributed by atoms with Crippen LogP contribution in [0, 0.1) is 12.7 Å². The topological polar surface area (TPSA) is 75.6 Å².